The molecule has 4 heteroatoms. The maximum atomic E-state index is 11.0. The number of anilines is 1. The van der Waals surface area contributed by atoms with Gasteiger partial charge < -0.3 is 10.0 Å². The van der Waals surface area contributed by atoms with Crippen LogP contribution in [0, 0.1) is 5.92 Å². The highest BCUT2D eigenvalue weighted by Crippen LogP contribution is 2.28. The highest BCUT2D eigenvalue weighted by Gasteiger charge is 2.21. The Morgan fingerprint density at radius 1 is 1.62 bits per heavy atom. The molecule has 0 spiro atoms. The van der Waals surface area contributed by atoms with Gasteiger partial charge in [-0.15, -0.1) is 0 Å². The van der Waals surface area contributed by atoms with Gasteiger partial charge in [0.1, 0.15) is 11.4 Å². The Morgan fingerprint density at radius 3 is 2.94 bits per heavy atom. The molecule has 86 valence electrons. The number of carbonyl (C=O) groups is 1. The predicted molar refractivity (Wildman–Crippen MR) is 61.8 cm³/mol. The Bertz CT molecular complexity index is 388. The molecule has 0 unspecified atom stereocenters. The summed E-state index contributed by atoms with van der Waals surface area (Å²) < 4.78 is 0. The summed E-state index contributed by atoms with van der Waals surface area (Å²) in [5.41, 5.74) is 0.282. The third kappa shape index (κ3) is 2.15. The summed E-state index contributed by atoms with van der Waals surface area (Å²) in [4.78, 5) is 17.1. The van der Waals surface area contributed by atoms with Gasteiger partial charge in [-0.2, -0.15) is 0 Å². The lowest BCUT2D eigenvalue weighted by Gasteiger charge is -2.31. The molecule has 1 aliphatic carbocycles. The van der Waals surface area contributed by atoms with Crippen molar-refractivity contribution in [1.82, 2.24) is 4.98 Å². The molecule has 0 radical (unpaired) electrons. The lowest BCUT2D eigenvalue weighted by Crippen LogP contribution is -2.30. The van der Waals surface area contributed by atoms with Crippen molar-refractivity contribution in [2.75, 3.05) is 18.5 Å². The third-order valence-electron chi connectivity index (χ3n) is 3.14. The molecule has 2 rings (SSSR count). The van der Waals surface area contributed by atoms with E-state index in [0.717, 1.165) is 6.54 Å². The van der Waals surface area contributed by atoms with Crippen molar-refractivity contribution in [2.45, 2.75) is 19.3 Å². The van der Waals surface area contributed by atoms with Crippen LogP contribution >= 0.6 is 0 Å². The van der Waals surface area contributed by atoms with Crippen molar-refractivity contribution in [3.05, 3.63) is 23.9 Å². The molecular weight excluding hydrogens is 204 g/mol. The van der Waals surface area contributed by atoms with Crippen molar-refractivity contribution < 1.29 is 9.90 Å². The molecule has 4 nitrogen and oxygen atoms in total. The Kier molecular flexibility index (Phi) is 3.08. The minimum absolute atomic E-state index is 0.282. The van der Waals surface area contributed by atoms with Crippen molar-refractivity contribution >= 4 is 11.8 Å². The fourth-order valence-electron chi connectivity index (χ4n) is 2.02. The summed E-state index contributed by atoms with van der Waals surface area (Å²) in [6.07, 6.45) is 5.44. The zero-order chi connectivity index (χ0) is 11.5. The van der Waals surface area contributed by atoms with Gasteiger partial charge in [-0.3, -0.25) is 0 Å². The van der Waals surface area contributed by atoms with Crippen LogP contribution in [0.3, 0.4) is 0 Å². The molecule has 0 aromatic carbocycles. The molecule has 1 saturated carbocycles. The van der Waals surface area contributed by atoms with Crippen LogP contribution in [0.4, 0.5) is 5.82 Å². The number of pyridine rings is 1. The molecule has 1 N–H and O–H groups in total. The molecule has 1 aromatic rings. The highest BCUT2D eigenvalue weighted by molar-refractivity contribution is 5.93. The van der Waals surface area contributed by atoms with Gasteiger partial charge in [0.05, 0.1) is 0 Å². The van der Waals surface area contributed by atoms with E-state index in [1.54, 1.807) is 18.3 Å². The number of aromatic carboxylic acids is 1. The summed E-state index contributed by atoms with van der Waals surface area (Å²) in [5.74, 6) is 0.360. The SMILES string of the molecule is CN(CC1CCC1)c1ncccc1C(=O)O. The lowest BCUT2D eigenvalue weighted by molar-refractivity contribution is 0.0697. The van der Waals surface area contributed by atoms with Crippen molar-refractivity contribution in [3.8, 4) is 0 Å². The van der Waals surface area contributed by atoms with Crippen LogP contribution in [-0.4, -0.2) is 29.7 Å². The van der Waals surface area contributed by atoms with Crippen LogP contribution in [0.1, 0.15) is 29.6 Å². The second kappa shape index (κ2) is 4.51. The normalized spacial score (nSPS) is 15.6. The van der Waals surface area contributed by atoms with E-state index in [4.69, 9.17) is 5.11 Å². The van der Waals surface area contributed by atoms with Crippen LogP contribution in [0.25, 0.3) is 0 Å². The fraction of sp³-hybridized carbons (Fsp3) is 0.500. The number of carboxylic acid groups (broad SMARTS) is 1. The molecule has 0 atom stereocenters. The van der Waals surface area contributed by atoms with Crippen molar-refractivity contribution in [1.29, 1.82) is 0 Å². The van der Waals surface area contributed by atoms with Crippen molar-refractivity contribution in [2.24, 2.45) is 5.92 Å². The average molecular weight is 220 g/mol. The second-order valence-electron chi connectivity index (χ2n) is 4.36. The molecule has 1 fully saturated rings. The van der Waals surface area contributed by atoms with Crippen molar-refractivity contribution in [3.63, 3.8) is 0 Å². The maximum absolute atomic E-state index is 11.0. The second-order valence-corrected chi connectivity index (χ2v) is 4.36. The number of hydrogen-bond donors (Lipinski definition) is 1. The van der Waals surface area contributed by atoms with Gasteiger partial charge in [-0.1, -0.05) is 6.42 Å². The van der Waals surface area contributed by atoms with Crippen LogP contribution in [0.15, 0.2) is 18.3 Å². The number of rotatable bonds is 4. The monoisotopic (exact) mass is 220 g/mol. The molecule has 0 aliphatic heterocycles. The van der Waals surface area contributed by atoms with E-state index in [9.17, 15) is 4.79 Å². The van der Waals surface area contributed by atoms with Gasteiger partial charge in [0.15, 0.2) is 0 Å². The lowest BCUT2D eigenvalue weighted by atomic mass is 9.85. The summed E-state index contributed by atoms with van der Waals surface area (Å²) >= 11 is 0. The Morgan fingerprint density at radius 2 is 2.38 bits per heavy atom. The third-order valence-corrected chi connectivity index (χ3v) is 3.14. The van der Waals surface area contributed by atoms with Gasteiger partial charge in [0.25, 0.3) is 0 Å². The highest BCUT2D eigenvalue weighted by atomic mass is 16.4. The molecule has 0 amide bonds. The Labute approximate surface area is 94.9 Å². The molecule has 1 aliphatic rings. The van der Waals surface area contributed by atoms with Gasteiger partial charge in [-0.05, 0) is 30.9 Å². The number of nitrogens with zero attached hydrogens (tertiary/aromatic N) is 2. The van der Waals surface area contributed by atoms with Crippen LogP contribution < -0.4 is 4.90 Å². The molecule has 0 bridgehead atoms. The minimum atomic E-state index is -0.913. The van der Waals surface area contributed by atoms with E-state index in [1.807, 2.05) is 11.9 Å². The zero-order valence-corrected chi connectivity index (χ0v) is 9.39. The van der Waals surface area contributed by atoms with Crippen LogP contribution in [0.2, 0.25) is 0 Å². The summed E-state index contributed by atoms with van der Waals surface area (Å²) in [7, 11) is 1.91. The first-order valence-corrected chi connectivity index (χ1v) is 5.58. The van der Waals surface area contributed by atoms with E-state index in [1.165, 1.54) is 19.3 Å². The Balaban J connectivity index is 2.14. The first-order chi connectivity index (χ1) is 7.68. The summed E-state index contributed by atoms with van der Waals surface area (Å²) in [6, 6.07) is 3.26. The van der Waals surface area contributed by atoms with E-state index >= 15 is 0 Å². The molecule has 1 heterocycles. The van der Waals surface area contributed by atoms with Gasteiger partial charge >= 0.3 is 5.97 Å². The zero-order valence-electron chi connectivity index (χ0n) is 9.39. The molecule has 0 saturated heterocycles. The fourth-order valence-corrected chi connectivity index (χ4v) is 2.02. The van der Waals surface area contributed by atoms with E-state index in [2.05, 4.69) is 4.98 Å². The van der Waals surface area contributed by atoms with Gasteiger partial charge in [-0.25, -0.2) is 9.78 Å². The quantitative estimate of drug-likeness (QED) is 0.843. The number of hydrogen-bond acceptors (Lipinski definition) is 3. The maximum Gasteiger partial charge on any atom is 0.339 e. The largest absolute Gasteiger partial charge is 0.478 e. The topological polar surface area (TPSA) is 53.4 Å². The smallest absolute Gasteiger partial charge is 0.339 e. The predicted octanol–water partition coefficient (Wildman–Crippen LogP) is 2.02. The number of carboxylic acids is 1. The summed E-state index contributed by atoms with van der Waals surface area (Å²) in [5, 5.41) is 9.05. The van der Waals surface area contributed by atoms with Gasteiger partial charge in [0.2, 0.25) is 0 Å². The van der Waals surface area contributed by atoms with Crippen LogP contribution in [0.5, 0.6) is 0 Å². The van der Waals surface area contributed by atoms with E-state index < -0.39 is 5.97 Å². The first kappa shape index (κ1) is 10.9. The summed E-state index contributed by atoms with van der Waals surface area (Å²) in [6.45, 7) is 0.900. The van der Waals surface area contributed by atoms with E-state index in [0.29, 0.717) is 11.7 Å². The standard InChI is InChI=1S/C12H16N2O2/c1-14(8-9-4-2-5-9)11-10(12(15)16)6-3-7-13-11/h3,6-7,9H,2,4-5,8H2,1H3,(H,15,16). The minimum Gasteiger partial charge on any atom is -0.478 e. The molecule has 1 aromatic heterocycles. The molecular formula is C12H16N2O2. The average Bonchev–Trinajstić information content (AvgIpc) is 2.23. The van der Waals surface area contributed by atoms with Gasteiger partial charge in [0, 0.05) is 19.8 Å². The molecule has 16 heavy (non-hydrogen) atoms. The van der Waals surface area contributed by atoms with Crippen LogP contribution in [-0.2, 0) is 0 Å². The number of aromatic nitrogens is 1. The Hall–Kier alpha value is -1.58. The first-order valence-electron chi connectivity index (χ1n) is 5.58. The van der Waals surface area contributed by atoms with E-state index in [-0.39, 0.29) is 5.56 Å².